The highest BCUT2D eigenvalue weighted by Crippen LogP contribution is 2.19. The molecule has 0 radical (unpaired) electrons. The summed E-state index contributed by atoms with van der Waals surface area (Å²) in [5.41, 5.74) is 3.01. The van der Waals surface area contributed by atoms with Crippen molar-refractivity contribution in [1.82, 2.24) is 19.6 Å². The minimum atomic E-state index is 0.103. The highest BCUT2D eigenvalue weighted by Gasteiger charge is 2.29. The lowest BCUT2D eigenvalue weighted by atomic mass is 10.1. The van der Waals surface area contributed by atoms with Gasteiger partial charge in [0.2, 0.25) is 0 Å². The van der Waals surface area contributed by atoms with Crippen molar-refractivity contribution >= 4 is 16.8 Å². The van der Waals surface area contributed by atoms with Gasteiger partial charge in [-0.25, -0.2) is 0 Å². The Morgan fingerprint density at radius 3 is 2.64 bits per heavy atom. The van der Waals surface area contributed by atoms with Crippen LogP contribution in [0.1, 0.15) is 36.2 Å². The predicted molar refractivity (Wildman–Crippen MR) is 112 cm³/mol. The number of hydrogen-bond acceptors (Lipinski definition) is 3. The molecule has 5 nitrogen and oxygen atoms in total. The first-order chi connectivity index (χ1) is 13.5. The quantitative estimate of drug-likeness (QED) is 0.683. The summed E-state index contributed by atoms with van der Waals surface area (Å²) in [6.45, 7) is 7.16. The zero-order chi connectivity index (χ0) is 19.7. The third kappa shape index (κ3) is 3.67. The van der Waals surface area contributed by atoms with E-state index >= 15 is 0 Å². The molecular formula is C23H28N4O. The Morgan fingerprint density at radius 2 is 1.93 bits per heavy atom. The van der Waals surface area contributed by atoms with E-state index in [-0.39, 0.29) is 5.91 Å². The molecule has 0 saturated carbocycles. The lowest BCUT2D eigenvalue weighted by Crippen LogP contribution is -2.40. The van der Waals surface area contributed by atoms with Crippen molar-refractivity contribution < 1.29 is 4.79 Å². The van der Waals surface area contributed by atoms with Gasteiger partial charge in [0, 0.05) is 43.2 Å². The third-order valence-electron chi connectivity index (χ3n) is 5.88. The number of fused-ring (bicyclic) bond motifs is 1. The number of benzene rings is 2. The zero-order valence-corrected chi connectivity index (χ0v) is 16.9. The lowest BCUT2D eigenvalue weighted by Gasteiger charge is -2.26. The number of aromatic nitrogens is 2. The highest BCUT2D eigenvalue weighted by molar-refractivity contribution is 5.94. The van der Waals surface area contributed by atoms with E-state index in [1.807, 2.05) is 59.2 Å². The summed E-state index contributed by atoms with van der Waals surface area (Å²) in [4.78, 5) is 17.3. The molecule has 0 N–H and O–H groups in total. The fourth-order valence-electron chi connectivity index (χ4n) is 4.00. The molecular weight excluding hydrogens is 348 g/mol. The lowest BCUT2D eigenvalue weighted by molar-refractivity contribution is 0.0732. The summed E-state index contributed by atoms with van der Waals surface area (Å²) in [6.07, 6.45) is 2.94. The van der Waals surface area contributed by atoms with Gasteiger partial charge in [0.05, 0.1) is 18.3 Å². The smallest absolute Gasteiger partial charge is 0.253 e. The average molecular weight is 377 g/mol. The first-order valence-electron chi connectivity index (χ1n) is 10.0. The van der Waals surface area contributed by atoms with Crippen LogP contribution in [0.2, 0.25) is 0 Å². The summed E-state index contributed by atoms with van der Waals surface area (Å²) in [6, 6.07) is 17.0. The number of hydrogen-bond donors (Lipinski definition) is 0. The van der Waals surface area contributed by atoms with E-state index in [0.717, 1.165) is 41.5 Å². The number of amides is 1. The second-order valence-electron chi connectivity index (χ2n) is 8.01. The van der Waals surface area contributed by atoms with Crippen molar-refractivity contribution in [2.75, 3.05) is 20.1 Å². The maximum atomic E-state index is 12.9. The van der Waals surface area contributed by atoms with Crippen LogP contribution >= 0.6 is 0 Å². The minimum Gasteiger partial charge on any atom is -0.337 e. The van der Waals surface area contributed by atoms with Crippen LogP contribution in [0.3, 0.4) is 0 Å². The zero-order valence-electron chi connectivity index (χ0n) is 16.9. The van der Waals surface area contributed by atoms with Crippen LogP contribution in [0.15, 0.2) is 54.7 Å². The number of rotatable bonds is 5. The number of para-hydroxylation sites is 1. The number of carbonyl (C=O) groups excluding carboxylic acids is 1. The molecule has 1 aromatic heterocycles. The summed E-state index contributed by atoms with van der Waals surface area (Å²) in [5, 5.41) is 5.63. The predicted octanol–water partition coefficient (Wildman–Crippen LogP) is 3.64. The molecule has 1 atom stereocenters. The van der Waals surface area contributed by atoms with Gasteiger partial charge < -0.3 is 4.90 Å². The standard InChI is InChI=1S/C23H28N4O/c1-17(2)26-13-12-21(16-26)25(3)23(28)19-10-8-18(9-11-19)15-27-22-7-5-4-6-20(22)14-24-27/h4-11,14,17,21H,12-13,15-16H2,1-3H3/t21-/m1/s1. The molecule has 0 spiro atoms. The Balaban J connectivity index is 1.43. The largest absolute Gasteiger partial charge is 0.337 e. The van der Waals surface area contributed by atoms with Gasteiger partial charge in [-0.15, -0.1) is 0 Å². The Morgan fingerprint density at radius 1 is 1.18 bits per heavy atom. The monoisotopic (exact) mass is 376 g/mol. The fraction of sp³-hybridized carbons (Fsp3) is 0.391. The molecule has 3 aromatic rings. The van der Waals surface area contributed by atoms with E-state index in [1.165, 1.54) is 0 Å². The van der Waals surface area contributed by atoms with Crippen LogP contribution in [0.4, 0.5) is 0 Å². The van der Waals surface area contributed by atoms with Crippen molar-refractivity contribution in [3.05, 3.63) is 65.9 Å². The summed E-state index contributed by atoms with van der Waals surface area (Å²) >= 11 is 0. The first-order valence-corrected chi connectivity index (χ1v) is 10.0. The van der Waals surface area contributed by atoms with E-state index in [2.05, 4.69) is 36.0 Å². The van der Waals surface area contributed by atoms with Gasteiger partial charge in [0.25, 0.3) is 5.91 Å². The normalized spacial score (nSPS) is 17.5. The number of carbonyl (C=O) groups is 1. The van der Waals surface area contributed by atoms with Gasteiger partial charge in [-0.05, 0) is 44.0 Å². The fourth-order valence-corrected chi connectivity index (χ4v) is 4.00. The number of likely N-dealkylation sites (N-methyl/N-ethyl adjacent to an activating group) is 1. The molecule has 146 valence electrons. The van der Waals surface area contributed by atoms with Gasteiger partial charge in [0.15, 0.2) is 0 Å². The molecule has 1 fully saturated rings. The van der Waals surface area contributed by atoms with Crippen molar-refractivity contribution in [1.29, 1.82) is 0 Å². The van der Waals surface area contributed by atoms with Crippen LogP contribution in [-0.2, 0) is 6.54 Å². The van der Waals surface area contributed by atoms with E-state index in [1.54, 1.807) is 0 Å². The molecule has 0 bridgehead atoms. The van der Waals surface area contributed by atoms with E-state index in [9.17, 15) is 4.79 Å². The van der Waals surface area contributed by atoms with Crippen molar-refractivity contribution in [3.8, 4) is 0 Å². The van der Waals surface area contributed by atoms with E-state index < -0.39 is 0 Å². The summed E-state index contributed by atoms with van der Waals surface area (Å²) < 4.78 is 2.00. The van der Waals surface area contributed by atoms with Gasteiger partial charge in [0.1, 0.15) is 0 Å². The van der Waals surface area contributed by atoms with E-state index in [4.69, 9.17) is 0 Å². The SMILES string of the molecule is CC(C)N1CC[C@@H](N(C)C(=O)c2ccc(Cn3ncc4ccccc43)cc2)C1. The topological polar surface area (TPSA) is 41.4 Å². The molecule has 5 heteroatoms. The Hall–Kier alpha value is -2.66. The summed E-state index contributed by atoms with van der Waals surface area (Å²) in [5.74, 6) is 0.103. The maximum absolute atomic E-state index is 12.9. The van der Waals surface area contributed by atoms with E-state index in [0.29, 0.717) is 18.6 Å². The van der Waals surface area contributed by atoms with Crippen molar-refractivity contribution in [2.45, 2.75) is 38.9 Å². The van der Waals surface area contributed by atoms with Crippen LogP contribution in [-0.4, -0.2) is 57.7 Å². The van der Waals surface area contributed by atoms with Gasteiger partial charge >= 0.3 is 0 Å². The van der Waals surface area contributed by atoms with Crippen LogP contribution < -0.4 is 0 Å². The van der Waals surface area contributed by atoms with Gasteiger partial charge in [-0.2, -0.15) is 5.10 Å². The number of likely N-dealkylation sites (tertiary alicyclic amines) is 1. The first kappa shape index (κ1) is 18.7. The van der Waals surface area contributed by atoms with Crippen LogP contribution in [0.5, 0.6) is 0 Å². The molecule has 1 aliphatic rings. The molecule has 4 rings (SSSR count). The Kier molecular flexibility index (Phi) is 5.18. The molecule has 28 heavy (non-hydrogen) atoms. The van der Waals surface area contributed by atoms with Crippen molar-refractivity contribution in [2.24, 2.45) is 0 Å². The molecule has 2 aromatic carbocycles. The third-order valence-corrected chi connectivity index (χ3v) is 5.88. The molecule has 0 unspecified atom stereocenters. The van der Waals surface area contributed by atoms with Gasteiger partial charge in [-0.1, -0.05) is 30.3 Å². The molecule has 0 aliphatic carbocycles. The average Bonchev–Trinajstić information content (AvgIpc) is 3.36. The van der Waals surface area contributed by atoms with Crippen molar-refractivity contribution in [3.63, 3.8) is 0 Å². The summed E-state index contributed by atoms with van der Waals surface area (Å²) in [7, 11) is 1.93. The maximum Gasteiger partial charge on any atom is 0.253 e. The Bertz CT molecular complexity index is 960. The van der Waals surface area contributed by atoms with Gasteiger partial charge in [-0.3, -0.25) is 14.4 Å². The molecule has 1 amide bonds. The Labute approximate surface area is 166 Å². The molecule has 2 heterocycles. The molecule has 1 aliphatic heterocycles. The number of nitrogens with zero attached hydrogens (tertiary/aromatic N) is 4. The highest BCUT2D eigenvalue weighted by atomic mass is 16.2. The second-order valence-corrected chi connectivity index (χ2v) is 8.01. The molecule has 1 saturated heterocycles. The minimum absolute atomic E-state index is 0.103. The second kappa shape index (κ2) is 7.76. The van der Waals surface area contributed by atoms with Crippen LogP contribution in [0, 0.1) is 0 Å². The van der Waals surface area contributed by atoms with Crippen LogP contribution in [0.25, 0.3) is 10.9 Å².